The highest BCUT2D eigenvalue weighted by atomic mass is 32.2. The molecule has 0 unspecified atom stereocenters. The predicted octanol–water partition coefficient (Wildman–Crippen LogP) is 1.01. The molecule has 4 heterocycles. The monoisotopic (exact) mass is 344 g/mol. The molecule has 2 saturated heterocycles. The highest BCUT2D eigenvalue weighted by molar-refractivity contribution is 7.99. The van der Waals surface area contributed by atoms with Gasteiger partial charge in [0.1, 0.15) is 5.82 Å². The van der Waals surface area contributed by atoms with Crippen molar-refractivity contribution >= 4 is 29.1 Å². The van der Waals surface area contributed by atoms with Gasteiger partial charge in [-0.1, -0.05) is 0 Å². The van der Waals surface area contributed by atoms with E-state index >= 15 is 0 Å². The van der Waals surface area contributed by atoms with Crippen LogP contribution in [0.3, 0.4) is 0 Å². The third kappa shape index (κ3) is 2.44. The van der Waals surface area contributed by atoms with Crippen LogP contribution in [0.4, 0.5) is 5.82 Å². The van der Waals surface area contributed by atoms with E-state index in [0.29, 0.717) is 11.8 Å². The summed E-state index contributed by atoms with van der Waals surface area (Å²) >= 11 is 1.93. The van der Waals surface area contributed by atoms with Gasteiger partial charge in [-0.15, -0.1) is 15.3 Å². The van der Waals surface area contributed by atoms with Crippen molar-refractivity contribution in [3.05, 3.63) is 18.0 Å². The summed E-state index contributed by atoms with van der Waals surface area (Å²) in [5.74, 6) is 4.99. The van der Waals surface area contributed by atoms with Gasteiger partial charge < -0.3 is 9.80 Å². The maximum absolute atomic E-state index is 12.5. The molecule has 0 spiro atoms. The zero-order chi connectivity index (χ0) is 16.1. The van der Waals surface area contributed by atoms with Crippen molar-refractivity contribution < 1.29 is 4.79 Å². The van der Waals surface area contributed by atoms with Crippen LogP contribution in [0.1, 0.15) is 24.6 Å². The number of thioether (sulfide) groups is 1. The van der Waals surface area contributed by atoms with E-state index in [1.165, 1.54) is 12.8 Å². The van der Waals surface area contributed by atoms with Crippen molar-refractivity contribution in [2.45, 2.75) is 18.8 Å². The Balaban J connectivity index is 1.29. The first-order valence-corrected chi connectivity index (χ1v) is 9.79. The summed E-state index contributed by atoms with van der Waals surface area (Å²) in [5.41, 5.74) is 0.805. The summed E-state index contributed by atoms with van der Waals surface area (Å²) in [6.45, 7) is 3.33. The van der Waals surface area contributed by atoms with Crippen LogP contribution in [0.2, 0.25) is 0 Å². The molecular formula is C16H20N6OS. The summed E-state index contributed by atoms with van der Waals surface area (Å²) < 4.78 is 1.88. The molecule has 8 heteroatoms. The molecule has 2 aliphatic heterocycles. The average Bonchev–Trinajstić information content (AvgIpc) is 3.34. The molecular weight excluding hydrogens is 324 g/mol. The Morgan fingerprint density at radius 2 is 1.92 bits per heavy atom. The second kappa shape index (κ2) is 5.61. The lowest BCUT2D eigenvalue weighted by Gasteiger charge is -2.41. The minimum absolute atomic E-state index is 0.120. The fourth-order valence-corrected chi connectivity index (χ4v) is 4.33. The molecule has 126 valence electrons. The highest BCUT2D eigenvalue weighted by Crippen LogP contribution is 2.39. The molecule has 24 heavy (non-hydrogen) atoms. The molecule has 2 aromatic heterocycles. The van der Waals surface area contributed by atoms with Crippen LogP contribution in [0.25, 0.3) is 5.65 Å². The Hall–Kier alpha value is -1.83. The fraction of sp³-hybridized carbons (Fsp3) is 0.625. The first-order valence-electron chi connectivity index (χ1n) is 8.63. The number of aromatic nitrogens is 4. The van der Waals surface area contributed by atoms with Gasteiger partial charge in [0.05, 0.1) is 5.92 Å². The summed E-state index contributed by atoms with van der Waals surface area (Å²) in [6.07, 6.45) is 2.36. The van der Waals surface area contributed by atoms with Gasteiger partial charge in [0.15, 0.2) is 11.5 Å². The quantitative estimate of drug-likeness (QED) is 0.828. The molecule has 1 aliphatic carbocycles. The number of hydrogen-bond donors (Lipinski definition) is 0. The molecule has 3 aliphatic rings. The second-order valence-corrected chi connectivity index (χ2v) is 8.06. The molecule has 7 nitrogen and oxygen atoms in total. The van der Waals surface area contributed by atoms with Crippen molar-refractivity contribution in [1.29, 1.82) is 0 Å². The van der Waals surface area contributed by atoms with Gasteiger partial charge in [-0.3, -0.25) is 4.79 Å². The molecule has 0 aromatic carbocycles. The molecule has 0 radical (unpaired) electrons. The van der Waals surface area contributed by atoms with Gasteiger partial charge in [0.25, 0.3) is 0 Å². The number of fused-ring (bicyclic) bond motifs is 1. The van der Waals surface area contributed by atoms with E-state index in [-0.39, 0.29) is 5.92 Å². The number of rotatable bonds is 3. The smallest absolute Gasteiger partial charge is 0.229 e. The van der Waals surface area contributed by atoms with E-state index in [2.05, 4.69) is 15.1 Å². The van der Waals surface area contributed by atoms with Gasteiger partial charge >= 0.3 is 0 Å². The SMILES string of the molecule is O=C(C1CN(c2ccc3nnc(C4CC4)n3n2)C1)N1CCSCC1. The largest absolute Gasteiger partial charge is 0.353 e. The topological polar surface area (TPSA) is 66.6 Å². The first kappa shape index (κ1) is 14.5. The van der Waals surface area contributed by atoms with Crippen LogP contribution in [0.5, 0.6) is 0 Å². The molecule has 1 saturated carbocycles. The number of carbonyl (C=O) groups is 1. The molecule has 3 fully saturated rings. The number of hydrogen-bond acceptors (Lipinski definition) is 6. The standard InChI is InChI=1S/C16H20N6OS/c23-16(20-5-7-24-8-6-20)12-9-21(10-12)14-4-3-13-17-18-15(11-1-2-11)22(13)19-14/h3-4,11-12H,1-2,5-10H2. The summed E-state index contributed by atoms with van der Waals surface area (Å²) in [6, 6.07) is 3.96. The van der Waals surface area contributed by atoms with Crippen molar-refractivity contribution in [2.24, 2.45) is 5.92 Å². The molecule has 2 aromatic rings. The Morgan fingerprint density at radius 1 is 1.12 bits per heavy atom. The minimum Gasteiger partial charge on any atom is -0.353 e. The number of anilines is 1. The van der Waals surface area contributed by atoms with Crippen LogP contribution < -0.4 is 4.90 Å². The highest BCUT2D eigenvalue weighted by Gasteiger charge is 2.37. The van der Waals surface area contributed by atoms with E-state index in [0.717, 1.165) is 55.0 Å². The number of nitrogens with zero attached hydrogens (tertiary/aromatic N) is 6. The van der Waals surface area contributed by atoms with Crippen molar-refractivity contribution in [2.75, 3.05) is 42.6 Å². The normalized spacial score (nSPS) is 22.0. The predicted molar refractivity (Wildman–Crippen MR) is 92.4 cm³/mol. The Labute approximate surface area is 144 Å². The summed E-state index contributed by atoms with van der Waals surface area (Å²) in [5, 5.41) is 13.2. The lowest BCUT2D eigenvalue weighted by atomic mass is 9.98. The Kier molecular flexibility index (Phi) is 3.39. The third-order valence-corrected chi connectivity index (χ3v) is 6.04. The Bertz CT molecular complexity index is 776. The van der Waals surface area contributed by atoms with E-state index < -0.39 is 0 Å². The lowest BCUT2D eigenvalue weighted by molar-refractivity contribution is -0.135. The first-order chi connectivity index (χ1) is 11.8. The molecule has 0 atom stereocenters. The van der Waals surface area contributed by atoms with Gasteiger partial charge in [-0.2, -0.15) is 16.3 Å². The number of amides is 1. The minimum atomic E-state index is 0.120. The fourth-order valence-electron chi connectivity index (χ4n) is 3.42. The molecule has 0 N–H and O–H groups in total. The zero-order valence-corrected chi connectivity index (χ0v) is 14.3. The molecule has 5 rings (SSSR count). The van der Waals surface area contributed by atoms with Crippen LogP contribution in [-0.2, 0) is 4.79 Å². The van der Waals surface area contributed by atoms with Crippen LogP contribution >= 0.6 is 11.8 Å². The van der Waals surface area contributed by atoms with E-state index in [1.807, 2.05) is 33.3 Å². The maximum Gasteiger partial charge on any atom is 0.229 e. The summed E-state index contributed by atoms with van der Waals surface area (Å²) in [4.78, 5) is 16.7. The van der Waals surface area contributed by atoms with E-state index in [1.54, 1.807) is 0 Å². The van der Waals surface area contributed by atoms with Gasteiger partial charge in [-0.05, 0) is 25.0 Å². The van der Waals surface area contributed by atoms with Crippen LogP contribution in [0, 0.1) is 5.92 Å². The van der Waals surface area contributed by atoms with Gasteiger partial charge in [0.2, 0.25) is 5.91 Å². The van der Waals surface area contributed by atoms with Gasteiger partial charge in [-0.25, -0.2) is 0 Å². The van der Waals surface area contributed by atoms with E-state index in [4.69, 9.17) is 5.10 Å². The van der Waals surface area contributed by atoms with Crippen molar-refractivity contribution in [1.82, 2.24) is 24.7 Å². The number of carbonyl (C=O) groups excluding carboxylic acids is 1. The zero-order valence-electron chi connectivity index (χ0n) is 13.5. The average molecular weight is 344 g/mol. The van der Waals surface area contributed by atoms with Crippen LogP contribution in [0.15, 0.2) is 12.1 Å². The maximum atomic E-state index is 12.5. The van der Waals surface area contributed by atoms with Crippen molar-refractivity contribution in [3.8, 4) is 0 Å². The molecule has 0 bridgehead atoms. The lowest BCUT2D eigenvalue weighted by Crippen LogP contribution is -2.56. The summed E-state index contributed by atoms with van der Waals surface area (Å²) in [7, 11) is 0. The van der Waals surface area contributed by atoms with Crippen molar-refractivity contribution in [3.63, 3.8) is 0 Å². The molecule has 1 amide bonds. The Morgan fingerprint density at radius 3 is 2.67 bits per heavy atom. The third-order valence-electron chi connectivity index (χ3n) is 5.09. The van der Waals surface area contributed by atoms with Crippen LogP contribution in [-0.4, -0.2) is 68.3 Å². The van der Waals surface area contributed by atoms with Gasteiger partial charge in [0, 0.05) is 43.6 Å². The second-order valence-electron chi connectivity index (χ2n) is 6.83. The van der Waals surface area contributed by atoms with E-state index in [9.17, 15) is 4.79 Å².